The Kier molecular flexibility index (Phi) is 7.16. The van der Waals surface area contributed by atoms with E-state index in [1.165, 1.54) is 18.7 Å². The standard InChI is InChI=1S/C25H31ClN8O2/c1-6-36-22-18(15(4)34-24-21(14(3)32-34)23(28)30-12-31-24)7-19(26)13(2)20(22)17-10-33(11-17)25(35)16(8-27)9-29-5/h7-9,12,15,17H,6,10-11,27H2,1-5H3,(H2,28,30,31). The molecule has 1 aliphatic rings. The van der Waals surface area contributed by atoms with E-state index in [4.69, 9.17) is 32.9 Å². The molecule has 190 valence electrons. The summed E-state index contributed by atoms with van der Waals surface area (Å²) in [6.45, 7) is 9.36. The number of hydrogen-bond acceptors (Lipinski definition) is 8. The summed E-state index contributed by atoms with van der Waals surface area (Å²) in [6, 6.07) is 1.68. The molecule has 36 heavy (non-hydrogen) atoms. The Morgan fingerprint density at radius 2 is 2.08 bits per heavy atom. The summed E-state index contributed by atoms with van der Waals surface area (Å²) in [7, 11) is 1.60. The molecule has 0 saturated carbocycles. The number of rotatable bonds is 7. The first kappa shape index (κ1) is 25.4. The summed E-state index contributed by atoms with van der Waals surface area (Å²) in [6.07, 6.45) is 4.19. The second kappa shape index (κ2) is 10.1. The van der Waals surface area contributed by atoms with E-state index in [0.29, 0.717) is 41.8 Å². The van der Waals surface area contributed by atoms with Crippen molar-refractivity contribution < 1.29 is 9.53 Å². The molecule has 1 aromatic carbocycles. The molecule has 3 heterocycles. The van der Waals surface area contributed by atoms with Crippen LogP contribution in [0.15, 0.2) is 29.2 Å². The maximum atomic E-state index is 12.8. The van der Waals surface area contributed by atoms with Crippen LogP contribution in [0.5, 0.6) is 5.75 Å². The molecule has 0 aliphatic carbocycles. The van der Waals surface area contributed by atoms with Crippen molar-refractivity contribution in [1.82, 2.24) is 24.6 Å². The lowest BCUT2D eigenvalue weighted by Crippen LogP contribution is -2.49. The summed E-state index contributed by atoms with van der Waals surface area (Å²) in [5, 5.41) is 6.08. The first-order chi connectivity index (χ1) is 17.2. The Labute approximate surface area is 215 Å². The summed E-state index contributed by atoms with van der Waals surface area (Å²) in [5.41, 5.74) is 16.3. The molecule has 1 fully saturated rings. The molecule has 1 unspecified atom stereocenters. The van der Waals surface area contributed by atoms with Gasteiger partial charge in [-0.15, -0.1) is 0 Å². The summed E-state index contributed by atoms with van der Waals surface area (Å²) in [5.74, 6) is 1.06. The zero-order valence-corrected chi connectivity index (χ0v) is 21.9. The number of amides is 1. The van der Waals surface area contributed by atoms with E-state index in [0.717, 1.165) is 33.5 Å². The van der Waals surface area contributed by atoms with Crippen LogP contribution >= 0.6 is 11.6 Å². The lowest BCUT2D eigenvalue weighted by molar-refractivity contribution is -0.130. The molecule has 2 aromatic heterocycles. The number of nitrogens with zero attached hydrogens (tertiary/aromatic N) is 6. The second-order valence-electron chi connectivity index (χ2n) is 8.83. The van der Waals surface area contributed by atoms with Crippen LogP contribution in [-0.4, -0.2) is 63.5 Å². The Hall–Kier alpha value is -3.66. The van der Waals surface area contributed by atoms with Crippen LogP contribution in [0.4, 0.5) is 5.82 Å². The molecular formula is C25H31ClN8O2. The minimum absolute atomic E-state index is 0.0619. The van der Waals surface area contributed by atoms with Crippen LogP contribution in [0.2, 0.25) is 5.02 Å². The Morgan fingerprint density at radius 3 is 2.72 bits per heavy atom. The predicted octanol–water partition coefficient (Wildman–Crippen LogP) is 3.16. The largest absolute Gasteiger partial charge is 0.493 e. The Balaban J connectivity index is 1.75. The fourth-order valence-electron chi connectivity index (χ4n) is 4.76. The van der Waals surface area contributed by atoms with Gasteiger partial charge >= 0.3 is 0 Å². The number of fused-ring (bicyclic) bond motifs is 1. The van der Waals surface area contributed by atoms with Gasteiger partial charge in [-0.2, -0.15) is 5.10 Å². The topological polar surface area (TPSA) is 138 Å². The molecule has 1 saturated heterocycles. The molecule has 4 N–H and O–H groups in total. The van der Waals surface area contributed by atoms with E-state index < -0.39 is 0 Å². The third-order valence-corrected chi connectivity index (χ3v) is 7.01. The van der Waals surface area contributed by atoms with Gasteiger partial charge in [0, 0.05) is 54.6 Å². The monoisotopic (exact) mass is 510 g/mol. The summed E-state index contributed by atoms with van der Waals surface area (Å²) in [4.78, 5) is 27.0. The maximum absolute atomic E-state index is 12.8. The molecule has 0 bridgehead atoms. The van der Waals surface area contributed by atoms with Gasteiger partial charge in [-0.25, -0.2) is 14.6 Å². The number of anilines is 1. The molecular weight excluding hydrogens is 480 g/mol. The van der Waals surface area contributed by atoms with Gasteiger partial charge in [-0.3, -0.25) is 9.79 Å². The predicted molar refractivity (Wildman–Crippen MR) is 142 cm³/mol. The van der Waals surface area contributed by atoms with Gasteiger partial charge in [0.2, 0.25) is 0 Å². The number of nitrogens with two attached hydrogens (primary N) is 2. The average molecular weight is 511 g/mol. The first-order valence-electron chi connectivity index (χ1n) is 11.8. The van der Waals surface area contributed by atoms with Crippen molar-refractivity contribution in [1.29, 1.82) is 0 Å². The van der Waals surface area contributed by atoms with Crippen molar-refractivity contribution in [2.75, 3.05) is 32.5 Å². The number of aliphatic imine (C=N–C) groups is 1. The van der Waals surface area contributed by atoms with Crippen molar-refractivity contribution in [3.8, 4) is 5.75 Å². The maximum Gasteiger partial charge on any atom is 0.256 e. The van der Waals surface area contributed by atoms with Gasteiger partial charge in [0.05, 0.1) is 29.3 Å². The molecule has 3 aromatic rings. The van der Waals surface area contributed by atoms with Crippen molar-refractivity contribution in [3.05, 3.63) is 51.6 Å². The van der Waals surface area contributed by atoms with E-state index in [2.05, 4.69) is 15.0 Å². The molecule has 4 rings (SSSR count). The zero-order chi connectivity index (χ0) is 26.1. The van der Waals surface area contributed by atoms with Gasteiger partial charge in [0.25, 0.3) is 5.91 Å². The lowest BCUT2D eigenvalue weighted by Gasteiger charge is -2.41. The number of likely N-dealkylation sites (tertiary alicyclic amines) is 1. The van der Waals surface area contributed by atoms with Crippen LogP contribution < -0.4 is 16.2 Å². The highest BCUT2D eigenvalue weighted by Gasteiger charge is 2.37. The highest BCUT2D eigenvalue weighted by atomic mass is 35.5. The van der Waals surface area contributed by atoms with Crippen LogP contribution in [-0.2, 0) is 4.79 Å². The Morgan fingerprint density at radius 1 is 1.36 bits per heavy atom. The number of nitrogen functional groups attached to an aromatic ring is 1. The fraction of sp³-hybridized carbons (Fsp3) is 0.400. The molecule has 0 spiro atoms. The van der Waals surface area contributed by atoms with Gasteiger partial charge in [0.15, 0.2) is 5.65 Å². The normalized spacial score (nSPS) is 15.5. The number of halogens is 1. The minimum Gasteiger partial charge on any atom is -0.493 e. The number of aryl methyl sites for hydroxylation is 1. The van der Waals surface area contributed by atoms with Crippen LogP contribution in [0.1, 0.15) is 48.2 Å². The summed E-state index contributed by atoms with van der Waals surface area (Å²) >= 11 is 6.76. The number of carbonyl (C=O) groups excluding carboxylic acids is 1. The van der Waals surface area contributed by atoms with Gasteiger partial charge in [-0.05, 0) is 39.3 Å². The van der Waals surface area contributed by atoms with Gasteiger partial charge < -0.3 is 21.1 Å². The number of ether oxygens (including phenoxy) is 1. The number of aromatic nitrogens is 4. The SMILES string of the molecule is CCOc1c(C(C)n2nc(C)c3c(N)ncnc32)cc(Cl)c(C)c1C1CN(C(=O)C(C=NC)=CN)C1. The van der Waals surface area contributed by atoms with Crippen LogP contribution in [0.25, 0.3) is 11.0 Å². The van der Waals surface area contributed by atoms with Gasteiger partial charge in [0.1, 0.15) is 17.9 Å². The number of hydrogen-bond donors (Lipinski definition) is 2. The Bertz CT molecular complexity index is 1370. The fourth-order valence-corrected chi connectivity index (χ4v) is 4.98. The molecule has 0 radical (unpaired) electrons. The molecule has 11 heteroatoms. The first-order valence-corrected chi connectivity index (χ1v) is 12.1. The van der Waals surface area contributed by atoms with Crippen molar-refractivity contribution in [2.45, 2.75) is 39.7 Å². The molecule has 10 nitrogen and oxygen atoms in total. The third-order valence-electron chi connectivity index (χ3n) is 6.62. The van der Waals surface area contributed by atoms with Crippen molar-refractivity contribution >= 4 is 40.6 Å². The smallest absolute Gasteiger partial charge is 0.256 e. The van der Waals surface area contributed by atoms with E-state index >= 15 is 0 Å². The quantitative estimate of drug-likeness (QED) is 0.367. The second-order valence-corrected chi connectivity index (χ2v) is 9.24. The van der Waals surface area contributed by atoms with E-state index in [1.54, 1.807) is 11.9 Å². The van der Waals surface area contributed by atoms with Crippen molar-refractivity contribution in [2.24, 2.45) is 10.7 Å². The van der Waals surface area contributed by atoms with E-state index in [1.807, 2.05) is 38.4 Å². The van der Waals surface area contributed by atoms with E-state index in [9.17, 15) is 4.79 Å². The molecule has 1 aliphatic heterocycles. The van der Waals surface area contributed by atoms with Gasteiger partial charge in [-0.1, -0.05) is 11.6 Å². The third kappa shape index (κ3) is 4.26. The van der Waals surface area contributed by atoms with Crippen LogP contribution in [0, 0.1) is 13.8 Å². The number of carbonyl (C=O) groups is 1. The molecule has 1 atom stereocenters. The average Bonchev–Trinajstić information content (AvgIpc) is 3.17. The minimum atomic E-state index is -0.251. The highest BCUT2D eigenvalue weighted by Crippen LogP contribution is 2.44. The summed E-state index contributed by atoms with van der Waals surface area (Å²) < 4.78 is 8.06. The zero-order valence-electron chi connectivity index (χ0n) is 21.1. The van der Waals surface area contributed by atoms with Crippen LogP contribution in [0.3, 0.4) is 0 Å². The number of benzene rings is 1. The lowest BCUT2D eigenvalue weighted by atomic mass is 9.84. The van der Waals surface area contributed by atoms with E-state index in [-0.39, 0.29) is 17.9 Å². The molecule has 1 amide bonds. The highest BCUT2D eigenvalue weighted by molar-refractivity contribution is 6.31. The van der Waals surface area contributed by atoms with Crippen molar-refractivity contribution in [3.63, 3.8) is 0 Å².